The van der Waals surface area contributed by atoms with Crippen LogP contribution in [0.15, 0.2) is 18.2 Å². The predicted octanol–water partition coefficient (Wildman–Crippen LogP) is 1.90. The molecule has 0 spiro atoms. The zero-order valence-electron chi connectivity index (χ0n) is 9.28. The van der Waals surface area contributed by atoms with Gasteiger partial charge in [-0.15, -0.1) is 0 Å². The van der Waals surface area contributed by atoms with Crippen molar-refractivity contribution in [3.8, 4) is 23.6 Å². The van der Waals surface area contributed by atoms with Crippen molar-refractivity contribution in [2.75, 3.05) is 0 Å². The molecule has 7 nitrogen and oxygen atoms in total. The third-order valence-corrected chi connectivity index (χ3v) is 2.67. The van der Waals surface area contributed by atoms with E-state index in [4.69, 9.17) is 10.5 Å². The fourth-order valence-electron chi connectivity index (χ4n) is 1.77. The Kier molecular flexibility index (Phi) is 2.66. The van der Waals surface area contributed by atoms with E-state index in [9.17, 15) is 20.3 Å². The molecule has 0 aliphatic carbocycles. The maximum Gasteiger partial charge on any atom is 0.270 e. The molecular weight excluding hydrogens is 250 g/mol. The van der Waals surface area contributed by atoms with Crippen LogP contribution in [0.1, 0.15) is 11.1 Å². The predicted molar refractivity (Wildman–Crippen MR) is 63.4 cm³/mol. The van der Waals surface area contributed by atoms with Gasteiger partial charge in [0.25, 0.3) is 5.69 Å². The second kappa shape index (κ2) is 4.17. The van der Waals surface area contributed by atoms with Crippen LogP contribution in [0.2, 0.25) is 0 Å². The first-order valence-electron chi connectivity index (χ1n) is 4.97. The summed E-state index contributed by atoms with van der Waals surface area (Å²) in [5.41, 5.74) is -1.06. The fraction of sp³-hybridized carbons (Fsp3) is 0. The topological polar surface area (TPSA) is 131 Å². The number of benzene rings is 2. The third kappa shape index (κ3) is 1.66. The highest BCUT2D eigenvalue weighted by Gasteiger charge is 2.20. The zero-order valence-corrected chi connectivity index (χ0v) is 9.28. The Morgan fingerprint density at radius 3 is 2.05 bits per heavy atom. The number of hydrogen-bond acceptors (Lipinski definition) is 6. The number of rotatable bonds is 1. The minimum absolute atomic E-state index is 0.0535. The molecule has 0 saturated heterocycles. The first kappa shape index (κ1) is 12.1. The van der Waals surface area contributed by atoms with Crippen molar-refractivity contribution in [3.63, 3.8) is 0 Å². The van der Waals surface area contributed by atoms with E-state index in [-0.39, 0.29) is 22.0 Å². The summed E-state index contributed by atoms with van der Waals surface area (Å²) in [7, 11) is 0. The van der Waals surface area contributed by atoms with Crippen LogP contribution in [-0.4, -0.2) is 15.1 Å². The highest BCUT2D eigenvalue weighted by atomic mass is 16.6. The van der Waals surface area contributed by atoms with Crippen LogP contribution in [0.4, 0.5) is 5.69 Å². The lowest BCUT2D eigenvalue weighted by Gasteiger charge is -2.07. The molecule has 0 aliphatic heterocycles. The molecule has 2 aromatic carbocycles. The molecule has 0 bridgehead atoms. The van der Waals surface area contributed by atoms with Gasteiger partial charge in [-0.25, -0.2) is 0 Å². The van der Waals surface area contributed by atoms with Gasteiger partial charge in [0.2, 0.25) is 0 Å². The molecule has 2 aromatic rings. The van der Waals surface area contributed by atoms with E-state index in [2.05, 4.69) is 0 Å². The standard InChI is InChI=1S/C12H5N3O4/c13-4-9-10(5-14)12(17)8-3-6(15(18)19)1-2-7(8)11(9)16/h1-3,16-17H. The van der Waals surface area contributed by atoms with Gasteiger partial charge in [0, 0.05) is 22.9 Å². The van der Waals surface area contributed by atoms with E-state index < -0.39 is 22.0 Å². The van der Waals surface area contributed by atoms with E-state index in [1.54, 1.807) is 12.1 Å². The molecule has 19 heavy (non-hydrogen) atoms. The smallest absolute Gasteiger partial charge is 0.270 e. The minimum Gasteiger partial charge on any atom is -0.506 e. The van der Waals surface area contributed by atoms with Crippen LogP contribution in [0.25, 0.3) is 10.8 Å². The number of nitro groups is 1. The molecule has 0 atom stereocenters. The number of aromatic hydroxyl groups is 2. The molecule has 0 saturated carbocycles. The summed E-state index contributed by atoms with van der Waals surface area (Å²) in [6.07, 6.45) is 0. The van der Waals surface area contributed by atoms with Crippen molar-refractivity contribution in [2.24, 2.45) is 0 Å². The van der Waals surface area contributed by atoms with E-state index >= 15 is 0 Å². The summed E-state index contributed by atoms with van der Waals surface area (Å²) in [6, 6.07) is 6.59. The number of nitro benzene ring substituents is 1. The number of nitrogens with zero attached hydrogens (tertiary/aromatic N) is 3. The Morgan fingerprint density at radius 1 is 1.05 bits per heavy atom. The average molecular weight is 255 g/mol. The highest BCUT2D eigenvalue weighted by molar-refractivity contribution is 5.98. The van der Waals surface area contributed by atoms with Gasteiger partial charge in [0.05, 0.1) is 4.92 Å². The zero-order chi connectivity index (χ0) is 14.2. The van der Waals surface area contributed by atoms with E-state index in [1.165, 1.54) is 6.07 Å². The first-order chi connectivity index (χ1) is 9.01. The number of hydrogen-bond donors (Lipinski definition) is 2. The second-order valence-corrected chi connectivity index (χ2v) is 3.66. The lowest BCUT2D eigenvalue weighted by Crippen LogP contribution is -1.92. The summed E-state index contributed by atoms with van der Waals surface area (Å²) < 4.78 is 0. The quantitative estimate of drug-likeness (QED) is 0.454. The number of fused-ring (bicyclic) bond motifs is 1. The maximum absolute atomic E-state index is 10.7. The molecule has 0 amide bonds. The largest absolute Gasteiger partial charge is 0.506 e. The van der Waals surface area contributed by atoms with Crippen molar-refractivity contribution in [2.45, 2.75) is 0 Å². The lowest BCUT2D eigenvalue weighted by molar-refractivity contribution is -0.384. The monoisotopic (exact) mass is 255 g/mol. The normalized spacial score (nSPS) is 9.79. The van der Waals surface area contributed by atoms with Gasteiger partial charge < -0.3 is 10.2 Å². The highest BCUT2D eigenvalue weighted by Crippen LogP contribution is 2.40. The van der Waals surface area contributed by atoms with Crippen LogP contribution in [0.3, 0.4) is 0 Å². The van der Waals surface area contributed by atoms with Gasteiger partial charge in [-0.1, -0.05) is 0 Å². The SMILES string of the molecule is N#Cc1c(C#N)c(O)c2cc([N+](=O)[O-])ccc2c1O. The number of non-ortho nitro benzene ring substituents is 1. The summed E-state index contributed by atoms with van der Waals surface area (Å²) in [6.45, 7) is 0. The second-order valence-electron chi connectivity index (χ2n) is 3.66. The van der Waals surface area contributed by atoms with Crippen molar-refractivity contribution >= 4 is 16.5 Å². The Labute approximate surface area is 106 Å². The Hall–Kier alpha value is -3.32. The Morgan fingerprint density at radius 2 is 1.58 bits per heavy atom. The molecule has 2 N–H and O–H groups in total. The summed E-state index contributed by atoms with van der Waals surface area (Å²) in [5, 5.41) is 48.2. The molecule has 0 radical (unpaired) electrons. The Balaban J connectivity index is 3.00. The summed E-state index contributed by atoms with van der Waals surface area (Å²) in [5.74, 6) is -1.04. The van der Waals surface area contributed by atoms with Gasteiger partial charge in [-0.2, -0.15) is 10.5 Å². The van der Waals surface area contributed by atoms with Crippen LogP contribution in [-0.2, 0) is 0 Å². The molecule has 0 fully saturated rings. The molecule has 92 valence electrons. The molecule has 0 heterocycles. The van der Waals surface area contributed by atoms with E-state index in [0.29, 0.717) is 0 Å². The average Bonchev–Trinajstić information content (AvgIpc) is 2.41. The number of phenols is 2. The van der Waals surface area contributed by atoms with E-state index in [0.717, 1.165) is 12.1 Å². The van der Waals surface area contributed by atoms with Crippen LogP contribution >= 0.6 is 0 Å². The molecule has 0 aliphatic rings. The van der Waals surface area contributed by atoms with Gasteiger partial charge >= 0.3 is 0 Å². The van der Waals surface area contributed by atoms with Crippen LogP contribution in [0, 0.1) is 32.8 Å². The molecule has 0 aromatic heterocycles. The van der Waals surface area contributed by atoms with Crippen molar-refractivity contribution in [1.82, 2.24) is 0 Å². The van der Waals surface area contributed by atoms with Crippen molar-refractivity contribution in [1.29, 1.82) is 10.5 Å². The van der Waals surface area contributed by atoms with Gasteiger partial charge in [0.1, 0.15) is 34.8 Å². The van der Waals surface area contributed by atoms with Gasteiger partial charge in [-0.3, -0.25) is 10.1 Å². The summed E-state index contributed by atoms with van der Waals surface area (Å²) in [4.78, 5) is 10.00. The number of nitriles is 2. The molecular formula is C12H5N3O4. The van der Waals surface area contributed by atoms with Crippen molar-refractivity contribution < 1.29 is 15.1 Å². The van der Waals surface area contributed by atoms with Crippen LogP contribution in [0.5, 0.6) is 11.5 Å². The van der Waals surface area contributed by atoms with E-state index in [1.807, 2.05) is 0 Å². The molecule has 2 rings (SSSR count). The molecule has 0 unspecified atom stereocenters. The maximum atomic E-state index is 10.7. The fourth-order valence-corrected chi connectivity index (χ4v) is 1.77. The number of phenolic OH excluding ortho intramolecular Hbond substituents is 2. The van der Waals surface area contributed by atoms with Crippen LogP contribution < -0.4 is 0 Å². The first-order valence-corrected chi connectivity index (χ1v) is 4.97. The van der Waals surface area contributed by atoms with Gasteiger partial charge in [-0.05, 0) is 6.07 Å². The Bertz CT molecular complexity index is 799. The summed E-state index contributed by atoms with van der Waals surface area (Å²) >= 11 is 0. The van der Waals surface area contributed by atoms with Gasteiger partial charge in [0.15, 0.2) is 0 Å². The molecule has 7 heteroatoms. The van der Waals surface area contributed by atoms with Crippen molar-refractivity contribution in [3.05, 3.63) is 39.4 Å². The third-order valence-electron chi connectivity index (χ3n) is 2.67. The lowest BCUT2D eigenvalue weighted by atomic mass is 9.98. The minimum atomic E-state index is -0.666.